The Morgan fingerprint density at radius 2 is 2.09 bits per heavy atom. The van der Waals surface area contributed by atoms with Crippen LogP contribution in [0.5, 0.6) is 5.75 Å². The molecule has 1 aromatic heterocycles. The molecule has 0 aliphatic heterocycles. The highest BCUT2D eigenvalue weighted by atomic mass is 16.5. The number of hydrogen-bond donors (Lipinski definition) is 1. The van der Waals surface area contributed by atoms with Gasteiger partial charge < -0.3 is 4.74 Å². The number of ether oxygens (including phenoxy) is 1. The molecule has 0 atom stereocenters. The topological polar surface area (TPSA) is 50.4 Å². The molecule has 11 heavy (non-hydrogen) atoms. The molecule has 0 bridgehead atoms. The molecule has 0 aromatic carbocycles. The molecule has 0 fully saturated rings. The van der Waals surface area contributed by atoms with E-state index in [1.54, 1.807) is 0 Å². The van der Waals surface area contributed by atoms with E-state index in [4.69, 9.17) is 9.94 Å². The van der Waals surface area contributed by atoms with Gasteiger partial charge in [-0.05, 0) is 0 Å². The highest BCUT2D eigenvalue weighted by molar-refractivity contribution is 5.69. The molecule has 0 saturated heterocycles. The van der Waals surface area contributed by atoms with Gasteiger partial charge in [0.05, 0.1) is 0 Å². The maximum atomic E-state index is 10.4. The van der Waals surface area contributed by atoms with Crippen LogP contribution in [0.1, 0.15) is 6.92 Å². The predicted molar refractivity (Wildman–Crippen MR) is 35.1 cm³/mol. The van der Waals surface area contributed by atoms with Crippen LogP contribution in [0, 0.1) is 0 Å². The fourth-order valence-electron chi connectivity index (χ4n) is 0.639. The molecule has 1 N–H and O–H groups in total. The molecule has 0 radical (unpaired) electrons. The Morgan fingerprint density at radius 3 is 2.55 bits per heavy atom. The van der Waals surface area contributed by atoms with Crippen LogP contribution in [0.15, 0.2) is 24.5 Å². The van der Waals surface area contributed by atoms with E-state index in [2.05, 4.69) is 0 Å². The monoisotopic (exact) mass is 154 g/mol. The van der Waals surface area contributed by atoms with E-state index in [9.17, 15) is 4.79 Å². The van der Waals surface area contributed by atoms with Crippen molar-refractivity contribution in [1.29, 1.82) is 0 Å². The van der Waals surface area contributed by atoms with E-state index in [0.29, 0.717) is 5.75 Å². The second kappa shape index (κ2) is 3.01. The van der Waals surface area contributed by atoms with E-state index >= 15 is 0 Å². The molecular formula is C7H8NO3+. The van der Waals surface area contributed by atoms with Crippen LogP contribution in [-0.4, -0.2) is 11.2 Å². The van der Waals surface area contributed by atoms with Crippen LogP contribution in [0.4, 0.5) is 0 Å². The average molecular weight is 154 g/mol. The number of nitrogens with zero attached hydrogens (tertiary/aromatic N) is 1. The van der Waals surface area contributed by atoms with Gasteiger partial charge in [0.15, 0.2) is 0 Å². The zero-order valence-electron chi connectivity index (χ0n) is 6.02. The van der Waals surface area contributed by atoms with Crippen LogP contribution in [-0.2, 0) is 4.79 Å². The molecule has 1 aromatic rings. The molecule has 0 unspecified atom stereocenters. The van der Waals surface area contributed by atoms with Crippen LogP contribution >= 0.6 is 0 Å². The van der Waals surface area contributed by atoms with Gasteiger partial charge in [-0.2, -0.15) is 0 Å². The Labute approximate surface area is 63.6 Å². The molecule has 4 heteroatoms. The highest BCUT2D eigenvalue weighted by Gasteiger charge is 2.00. The van der Waals surface area contributed by atoms with Gasteiger partial charge in [-0.15, -0.1) is 0 Å². The Hall–Kier alpha value is -1.58. The molecule has 4 nitrogen and oxygen atoms in total. The first-order valence-corrected chi connectivity index (χ1v) is 3.07. The highest BCUT2D eigenvalue weighted by Crippen LogP contribution is 2.05. The minimum Gasteiger partial charge on any atom is -0.426 e. The predicted octanol–water partition coefficient (Wildman–Crippen LogP) is 0.137. The van der Waals surface area contributed by atoms with Crippen molar-refractivity contribution in [2.24, 2.45) is 0 Å². The zero-order chi connectivity index (χ0) is 8.27. The van der Waals surface area contributed by atoms with Crippen LogP contribution in [0.25, 0.3) is 0 Å². The van der Waals surface area contributed by atoms with Crippen molar-refractivity contribution in [2.75, 3.05) is 0 Å². The summed E-state index contributed by atoms with van der Waals surface area (Å²) in [5, 5.41) is 8.77. The largest absolute Gasteiger partial charge is 0.426 e. The molecule has 0 amide bonds. The van der Waals surface area contributed by atoms with E-state index < -0.39 is 0 Å². The molecular weight excluding hydrogens is 146 g/mol. The average Bonchev–Trinajstić information content (AvgIpc) is 1.93. The van der Waals surface area contributed by atoms with Gasteiger partial charge >= 0.3 is 5.97 Å². The lowest BCUT2D eigenvalue weighted by molar-refractivity contribution is -0.904. The fourth-order valence-corrected chi connectivity index (χ4v) is 0.639. The summed E-state index contributed by atoms with van der Waals surface area (Å²) in [4.78, 5) is 10.4. The van der Waals surface area contributed by atoms with E-state index in [1.165, 1.54) is 31.5 Å². The summed E-state index contributed by atoms with van der Waals surface area (Å²) < 4.78 is 5.57. The lowest BCUT2D eigenvalue weighted by Crippen LogP contribution is -2.27. The van der Waals surface area contributed by atoms with Gasteiger partial charge in [-0.3, -0.25) is 10.0 Å². The number of carbonyl (C=O) groups is 1. The van der Waals surface area contributed by atoms with Gasteiger partial charge in [-0.1, -0.05) is 0 Å². The summed E-state index contributed by atoms with van der Waals surface area (Å²) in [5.74, 6) is 0.0449. The summed E-state index contributed by atoms with van der Waals surface area (Å²) in [6.45, 7) is 1.32. The normalized spacial score (nSPS) is 9.18. The zero-order valence-corrected chi connectivity index (χ0v) is 6.02. The lowest BCUT2D eigenvalue weighted by Gasteiger charge is -1.95. The molecule has 0 aliphatic rings. The second-order valence-electron chi connectivity index (χ2n) is 2.01. The van der Waals surface area contributed by atoms with Crippen molar-refractivity contribution in [3.63, 3.8) is 0 Å². The van der Waals surface area contributed by atoms with Crippen molar-refractivity contribution >= 4 is 5.97 Å². The summed E-state index contributed by atoms with van der Waals surface area (Å²) in [7, 11) is 0. The number of rotatable bonds is 1. The Balaban J connectivity index is 2.74. The third kappa shape index (κ3) is 2.25. The molecule has 0 spiro atoms. The Kier molecular flexibility index (Phi) is 2.06. The van der Waals surface area contributed by atoms with Gasteiger partial charge in [0.2, 0.25) is 12.4 Å². The fraction of sp³-hybridized carbons (Fsp3) is 0.143. The number of carbonyl (C=O) groups excluding carboxylic acids is 1. The molecule has 0 saturated carbocycles. The van der Waals surface area contributed by atoms with E-state index in [0.717, 1.165) is 4.73 Å². The summed E-state index contributed by atoms with van der Waals surface area (Å²) in [5.41, 5.74) is 0. The Bertz CT molecular complexity index is 255. The van der Waals surface area contributed by atoms with Gasteiger partial charge in [0, 0.05) is 23.8 Å². The van der Waals surface area contributed by atoms with E-state index in [1.807, 2.05) is 0 Å². The van der Waals surface area contributed by atoms with Crippen LogP contribution in [0.3, 0.4) is 0 Å². The van der Waals surface area contributed by atoms with Crippen molar-refractivity contribution in [1.82, 2.24) is 0 Å². The lowest BCUT2D eigenvalue weighted by atomic mass is 10.4. The van der Waals surface area contributed by atoms with E-state index in [-0.39, 0.29) is 5.97 Å². The maximum Gasteiger partial charge on any atom is 0.308 e. The van der Waals surface area contributed by atoms with Crippen molar-refractivity contribution in [2.45, 2.75) is 6.92 Å². The van der Waals surface area contributed by atoms with Crippen molar-refractivity contribution < 1.29 is 19.5 Å². The van der Waals surface area contributed by atoms with Gasteiger partial charge in [-0.25, -0.2) is 0 Å². The quantitative estimate of drug-likeness (QED) is 0.355. The first-order valence-electron chi connectivity index (χ1n) is 3.07. The summed E-state index contributed by atoms with van der Waals surface area (Å²) in [6.07, 6.45) is 2.75. The number of pyridine rings is 1. The molecule has 1 heterocycles. The third-order valence-corrected chi connectivity index (χ3v) is 1.04. The minimum absolute atomic E-state index is 0.374. The summed E-state index contributed by atoms with van der Waals surface area (Å²) >= 11 is 0. The molecule has 0 aliphatic carbocycles. The number of aromatic nitrogens is 1. The first kappa shape index (κ1) is 7.53. The Morgan fingerprint density at radius 1 is 1.55 bits per heavy atom. The number of hydrogen-bond acceptors (Lipinski definition) is 3. The maximum absolute atomic E-state index is 10.4. The minimum atomic E-state index is -0.374. The van der Waals surface area contributed by atoms with Crippen LogP contribution in [0.2, 0.25) is 0 Å². The molecule has 1 rings (SSSR count). The third-order valence-electron chi connectivity index (χ3n) is 1.04. The SMILES string of the molecule is CC(=O)Oc1cc[n+](O)cc1. The smallest absolute Gasteiger partial charge is 0.308 e. The van der Waals surface area contributed by atoms with Crippen LogP contribution < -0.4 is 9.47 Å². The molecule has 58 valence electrons. The summed E-state index contributed by atoms with van der Waals surface area (Å²) in [6, 6.07) is 2.98. The second-order valence-corrected chi connectivity index (χ2v) is 2.01. The van der Waals surface area contributed by atoms with Crippen molar-refractivity contribution in [3.05, 3.63) is 24.5 Å². The standard InChI is InChI=1S/C7H8NO3/c1-6(9)11-7-2-4-8(10)5-3-7/h2-5,10H,1H3/q+1. The van der Waals surface area contributed by atoms with Gasteiger partial charge in [0.1, 0.15) is 5.75 Å². The number of esters is 1. The van der Waals surface area contributed by atoms with Gasteiger partial charge in [0.25, 0.3) is 0 Å². The van der Waals surface area contributed by atoms with Crippen molar-refractivity contribution in [3.8, 4) is 5.75 Å². The first-order chi connectivity index (χ1) is 5.18.